The molecule has 0 aliphatic heterocycles. The fourth-order valence-corrected chi connectivity index (χ4v) is 3.97. The number of halogens is 3. The maximum atomic E-state index is 14.3. The fraction of sp³-hybridized carbons (Fsp3) is 0.238. The number of nitrogens with two attached hydrogens (primary N) is 1. The van der Waals surface area contributed by atoms with Crippen LogP contribution in [0.2, 0.25) is 0 Å². The van der Waals surface area contributed by atoms with Crippen LogP contribution in [0.15, 0.2) is 36.4 Å². The molecular weight excluding hydrogens is 383 g/mol. The lowest BCUT2D eigenvalue weighted by Gasteiger charge is -2.36. The van der Waals surface area contributed by atoms with Crippen molar-refractivity contribution in [3.63, 3.8) is 0 Å². The zero-order valence-electron chi connectivity index (χ0n) is 15.3. The standard InChI is InChI=1S/C21H18F3N3O2/c22-13-3-1-11(2-4-13)18-17(15-7-14(23)8-16(24)19(15)27-18)12-5-10(6-12)9-26-21(29)20(25)28/h1-4,7-8,10,12,27H,5-6,9H2,(H2,25,28)(H,26,29)/t10-,12+. The van der Waals surface area contributed by atoms with Crippen LogP contribution in [0, 0.1) is 23.4 Å². The Bertz CT molecular complexity index is 1100. The van der Waals surface area contributed by atoms with Gasteiger partial charge >= 0.3 is 11.8 Å². The molecule has 2 amide bonds. The van der Waals surface area contributed by atoms with Gasteiger partial charge in [-0.3, -0.25) is 9.59 Å². The van der Waals surface area contributed by atoms with Crippen LogP contribution in [0.1, 0.15) is 24.3 Å². The second kappa shape index (κ2) is 7.27. The topological polar surface area (TPSA) is 88.0 Å². The summed E-state index contributed by atoms with van der Waals surface area (Å²) in [7, 11) is 0. The predicted octanol–water partition coefficient (Wildman–Crippen LogP) is 3.35. The Balaban J connectivity index is 1.66. The number of aromatic amines is 1. The average Bonchev–Trinajstić information content (AvgIpc) is 3.00. The van der Waals surface area contributed by atoms with E-state index >= 15 is 0 Å². The van der Waals surface area contributed by atoms with Crippen LogP contribution < -0.4 is 11.1 Å². The number of hydrogen-bond acceptors (Lipinski definition) is 2. The lowest BCUT2D eigenvalue weighted by Crippen LogP contribution is -2.41. The van der Waals surface area contributed by atoms with E-state index in [0.717, 1.165) is 11.6 Å². The summed E-state index contributed by atoms with van der Waals surface area (Å²) in [6.07, 6.45) is 1.33. The van der Waals surface area contributed by atoms with Gasteiger partial charge < -0.3 is 16.0 Å². The van der Waals surface area contributed by atoms with Gasteiger partial charge in [-0.15, -0.1) is 0 Å². The van der Waals surface area contributed by atoms with Crippen LogP contribution in [0.25, 0.3) is 22.2 Å². The monoisotopic (exact) mass is 401 g/mol. The molecule has 1 fully saturated rings. The second-order valence-corrected chi connectivity index (χ2v) is 7.34. The smallest absolute Gasteiger partial charge is 0.309 e. The highest BCUT2D eigenvalue weighted by Gasteiger charge is 2.35. The quantitative estimate of drug-likeness (QED) is 0.586. The Hall–Kier alpha value is -3.29. The van der Waals surface area contributed by atoms with E-state index in [0.29, 0.717) is 36.0 Å². The van der Waals surface area contributed by atoms with Gasteiger partial charge in [0.05, 0.1) is 11.2 Å². The maximum Gasteiger partial charge on any atom is 0.309 e. The van der Waals surface area contributed by atoms with Crippen molar-refractivity contribution in [3.05, 3.63) is 59.4 Å². The lowest BCUT2D eigenvalue weighted by atomic mass is 9.70. The van der Waals surface area contributed by atoms with Gasteiger partial charge in [-0.2, -0.15) is 0 Å². The zero-order chi connectivity index (χ0) is 20.7. The Kier molecular flexibility index (Phi) is 4.77. The van der Waals surface area contributed by atoms with Crippen LogP contribution in [0.5, 0.6) is 0 Å². The number of carbonyl (C=O) groups is 2. The molecule has 2 aromatic carbocycles. The van der Waals surface area contributed by atoms with E-state index in [1.165, 1.54) is 18.2 Å². The van der Waals surface area contributed by atoms with Crippen LogP contribution in [0.3, 0.4) is 0 Å². The van der Waals surface area contributed by atoms with Crippen molar-refractivity contribution >= 4 is 22.7 Å². The van der Waals surface area contributed by atoms with Gasteiger partial charge in [-0.1, -0.05) is 0 Å². The summed E-state index contributed by atoms with van der Waals surface area (Å²) in [4.78, 5) is 25.2. The number of amides is 2. The number of carbonyl (C=O) groups excluding carboxylic acids is 2. The number of primary amides is 1. The van der Waals surface area contributed by atoms with E-state index in [1.807, 2.05) is 0 Å². The molecule has 1 saturated carbocycles. The molecule has 0 unspecified atom stereocenters. The summed E-state index contributed by atoms with van der Waals surface area (Å²) in [5, 5.41) is 2.93. The Morgan fingerprint density at radius 3 is 2.41 bits per heavy atom. The highest BCUT2D eigenvalue weighted by Crippen LogP contribution is 2.48. The first-order valence-corrected chi connectivity index (χ1v) is 9.17. The Morgan fingerprint density at radius 1 is 1.07 bits per heavy atom. The van der Waals surface area contributed by atoms with Gasteiger partial charge in [0.15, 0.2) is 0 Å². The van der Waals surface area contributed by atoms with Crippen molar-refractivity contribution < 1.29 is 22.8 Å². The molecule has 1 heterocycles. The molecule has 4 rings (SSSR count). The maximum absolute atomic E-state index is 14.3. The molecule has 150 valence electrons. The largest absolute Gasteiger partial charge is 0.361 e. The van der Waals surface area contributed by atoms with E-state index in [2.05, 4.69) is 10.3 Å². The van der Waals surface area contributed by atoms with Gasteiger partial charge in [0.2, 0.25) is 0 Å². The molecule has 4 N–H and O–H groups in total. The minimum atomic E-state index is -1.04. The van der Waals surface area contributed by atoms with E-state index in [1.54, 1.807) is 12.1 Å². The molecular formula is C21H18F3N3O2. The third-order valence-corrected chi connectivity index (χ3v) is 5.42. The van der Waals surface area contributed by atoms with Crippen LogP contribution in [-0.4, -0.2) is 23.3 Å². The number of fused-ring (bicyclic) bond motifs is 1. The lowest BCUT2D eigenvalue weighted by molar-refractivity contribution is -0.137. The van der Waals surface area contributed by atoms with Gasteiger partial charge in [0.1, 0.15) is 17.5 Å². The molecule has 0 spiro atoms. The fourth-order valence-electron chi connectivity index (χ4n) is 3.97. The third-order valence-electron chi connectivity index (χ3n) is 5.42. The first-order valence-electron chi connectivity index (χ1n) is 9.17. The van der Waals surface area contributed by atoms with E-state index < -0.39 is 29.3 Å². The molecule has 1 aliphatic carbocycles. The van der Waals surface area contributed by atoms with Crippen molar-refractivity contribution in [1.82, 2.24) is 10.3 Å². The van der Waals surface area contributed by atoms with Crippen molar-refractivity contribution in [2.24, 2.45) is 11.7 Å². The SMILES string of the molecule is NC(=O)C(=O)NC[C@H]1C[C@@H](c2c(-c3ccc(F)cc3)[nH]c3c(F)cc(F)cc32)C1. The second-order valence-electron chi connectivity index (χ2n) is 7.34. The number of hydrogen-bond donors (Lipinski definition) is 3. The molecule has 0 atom stereocenters. The first kappa shape index (κ1) is 19.0. The Labute approximate surface area is 164 Å². The highest BCUT2D eigenvalue weighted by molar-refractivity contribution is 6.34. The minimum Gasteiger partial charge on any atom is -0.361 e. The van der Waals surface area contributed by atoms with Crippen molar-refractivity contribution in [1.29, 1.82) is 0 Å². The summed E-state index contributed by atoms with van der Waals surface area (Å²) < 4.78 is 41.6. The normalized spacial score (nSPS) is 18.4. The summed E-state index contributed by atoms with van der Waals surface area (Å²) in [6.45, 7) is 0.301. The zero-order valence-corrected chi connectivity index (χ0v) is 15.3. The van der Waals surface area contributed by atoms with Gasteiger partial charge in [-0.05, 0) is 66.1 Å². The molecule has 0 saturated heterocycles. The van der Waals surface area contributed by atoms with Crippen molar-refractivity contribution in [3.8, 4) is 11.3 Å². The van der Waals surface area contributed by atoms with Gasteiger partial charge in [-0.25, -0.2) is 13.2 Å². The molecule has 0 bridgehead atoms. The predicted molar refractivity (Wildman–Crippen MR) is 101 cm³/mol. The number of nitrogens with one attached hydrogen (secondary N) is 2. The summed E-state index contributed by atoms with van der Waals surface area (Å²) in [5.74, 6) is -3.52. The highest BCUT2D eigenvalue weighted by atomic mass is 19.1. The molecule has 5 nitrogen and oxygen atoms in total. The summed E-state index contributed by atoms with van der Waals surface area (Å²) in [6, 6.07) is 7.90. The van der Waals surface area contributed by atoms with Crippen LogP contribution in [-0.2, 0) is 9.59 Å². The molecule has 1 aliphatic rings. The summed E-state index contributed by atoms with van der Waals surface area (Å²) in [5.41, 5.74) is 7.17. The van der Waals surface area contributed by atoms with Gasteiger partial charge in [0, 0.05) is 18.0 Å². The molecule has 1 aromatic heterocycles. The first-order chi connectivity index (χ1) is 13.8. The molecule has 3 aromatic rings. The average molecular weight is 401 g/mol. The van der Waals surface area contributed by atoms with Crippen molar-refractivity contribution in [2.75, 3.05) is 6.54 Å². The number of benzene rings is 2. The molecule has 8 heteroatoms. The van der Waals surface area contributed by atoms with E-state index in [4.69, 9.17) is 5.73 Å². The van der Waals surface area contributed by atoms with Gasteiger partial charge in [0.25, 0.3) is 0 Å². The summed E-state index contributed by atoms with van der Waals surface area (Å²) >= 11 is 0. The van der Waals surface area contributed by atoms with E-state index in [9.17, 15) is 22.8 Å². The molecule has 29 heavy (non-hydrogen) atoms. The number of aromatic nitrogens is 1. The van der Waals surface area contributed by atoms with Crippen molar-refractivity contribution in [2.45, 2.75) is 18.8 Å². The molecule has 0 radical (unpaired) electrons. The third kappa shape index (κ3) is 3.57. The van der Waals surface area contributed by atoms with E-state index in [-0.39, 0.29) is 17.4 Å². The number of H-pyrrole nitrogens is 1. The minimum absolute atomic E-state index is 0.000447. The van der Waals surface area contributed by atoms with Crippen LogP contribution >= 0.6 is 0 Å². The Morgan fingerprint density at radius 2 is 1.76 bits per heavy atom. The number of rotatable bonds is 4. The van der Waals surface area contributed by atoms with Crippen LogP contribution in [0.4, 0.5) is 13.2 Å².